The minimum Gasteiger partial charge on any atom is -0.495 e. The summed E-state index contributed by atoms with van der Waals surface area (Å²) in [6.45, 7) is 0. The molecule has 0 unspecified atom stereocenters. The molecular formula is C20H18ClNO6S2. The summed E-state index contributed by atoms with van der Waals surface area (Å²) in [5.74, 6) is -0.217. The monoisotopic (exact) mass is 467 g/mol. The lowest BCUT2D eigenvalue weighted by Crippen LogP contribution is -2.17. The number of carbonyl (C=O) groups is 1. The van der Waals surface area contributed by atoms with Gasteiger partial charge in [0.1, 0.15) is 21.3 Å². The summed E-state index contributed by atoms with van der Waals surface area (Å²) < 4.78 is 44.4. The van der Waals surface area contributed by atoms with Gasteiger partial charge in [0.15, 0.2) is 0 Å². The third-order valence-corrected chi connectivity index (χ3v) is 7.02. The fraction of sp³-hybridized carbons (Fsp3) is 0.150. The number of benzene rings is 2. The zero-order valence-corrected chi connectivity index (χ0v) is 18.7. The molecule has 0 spiro atoms. The van der Waals surface area contributed by atoms with Crippen molar-refractivity contribution in [2.45, 2.75) is 4.90 Å². The Bertz CT molecular complexity index is 1180. The van der Waals surface area contributed by atoms with Crippen molar-refractivity contribution in [3.8, 4) is 22.6 Å². The highest BCUT2D eigenvalue weighted by Crippen LogP contribution is 2.40. The van der Waals surface area contributed by atoms with Crippen LogP contribution in [0.3, 0.4) is 0 Å². The summed E-state index contributed by atoms with van der Waals surface area (Å²) in [6, 6.07) is 11.7. The molecule has 0 aliphatic rings. The van der Waals surface area contributed by atoms with Gasteiger partial charge in [-0.15, -0.1) is 11.3 Å². The number of anilines is 1. The van der Waals surface area contributed by atoms with Crippen molar-refractivity contribution in [2.75, 3.05) is 26.1 Å². The van der Waals surface area contributed by atoms with Crippen molar-refractivity contribution < 1.29 is 27.4 Å². The van der Waals surface area contributed by atoms with E-state index in [0.29, 0.717) is 16.9 Å². The van der Waals surface area contributed by atoms with E-state index in [1.54, 1.807) is 29.6 Å². The third-order valence-electron chi connectivity index (χ3n) is 4.19. The predicted octanol–water partition coefficient (Wildman–Crippen LogP) is 4.67. The maximum absolute atomic E-state index is 13.4. The van der Waals surface area contributed by atoms with Crippen molar-refractivity contribution in [2.24, 2.45) is 0 Å². The van der Waals surface area contributed by atoms with Crippen LogP contribution in [0.15, 0.2) is 52.7 Å². The number of rotatable bonds is 7. The first-order valence-electron chi connectivity index (χ1n) is 8.52. The average Bonchev–Trinajstić information content (AvgIpc) is 3.20. The number of sulfonamides is 1. The van der Waals surface area contributed by atoms with Gasteiger partial charge in [-0.05, 0) is 11.6 Å². The first-order chi connectivity index (χ1) is 14.3. The van der Waals surface area contributed by atoms with E-state index >= 15 is 0 Å². The van der Waals surface area contributed by atoms with Crippen LogP contribution in [0.2, 0.25) is 5.02 Å². The number of thiophene rings is 1. The third kappa shape index (κ3) is 4.23. The maximum Gasteiger partial charge on any atom is 0.349 e. The lowest BCUT2D eigenvalue weighted by Gasteiger charge is -2.15. The highest BCUT2D eigenvalue weighted by Gasteiger charge is 2.30. The second-order valence-electron chi connectivity index (χ2n) is 5.96. The maximum atomic E-state index is 13.4. The Balaban J connectivity index is 2.16. The first-order valence-corrected chi connectivity index (χ1v) is 11.3. The van der Waals surface area contributed by atoms with Gasteiger partial charge in [-0.1, -0.05) is 41.9 Å². The number of halogens is 1. The Morgan fingerprint density at radius 1 is 1.03 bits per heavy atom. The van der Waals surface area contributed by atoms with Crippen LogP contribution in [0.5, 0.6) is 11.5 Å². The molecule has 0 saturated heterocycles. The molecule has 0 atom stereocenters. The summed E-state index contributed by atoms with van der Waals surface area (Å²) >= 11 is 7.15. The molecule has 30 heavy (non-hydrogen) atoms. The average molecular weight is 468 g/mol. The molecule has 0 fully saturated rings. The van der Waals surface area contributed by atoms with E-state index in [2.05, 4.69) is 4.72 Å². The van der Waals surface area contributed by atoms with Crippen LogP contribution in [-0.4, -0.2) is 35.7 Å². The molecule has 1 N–H and O–H groups in total. The number of carbonyl (C=O) groups excluding carboxylic acids is 1. The van der Waals surface area contributed by atoms with Crippen molar-refractivity contribution >= 4 is 44.6 Å². The quantitative estimate of drug-likeness (QED) is 0.507. The zero-order valence-electron chi connectivity index (χ0n) is 16.3. The normalized spacial score (nSPS) is 11.1. The van der Waals surface area contributed by atoms with E-state index < -0.39 is 16.0 Å². The molecule has 0 amide bonds. The van der Waals surface area contributed by atoms with Gasteiger partial charge in [-0.25, -0.2) is 13.2 Å². The van der Waals surface area contributed by atoms with Crippen LogP contribution < -0.4 is 14.2 Å². The molecule has 0 saturated carbocycles. The van der Waals surface area contributed by atoms with Crippen LogP contribution in [0, 0.1) is 0 Å². The van der Waals surface area contributed by atoms with Crippen molar-refractivity contribution in [3.05, 3.63) is 57.7 Å². The van der Waals surface area contributed by atoms with Crippen LogP contribution in [-0.2, 0) is 14.8 Å². The Hall–Kier alpha value is -2.75. The fourth-order valence-corrected chi connectivity index (χ4v) is 5.82. The second-order valence-corrected chi connectivity index (χ2v) is 8.86. The van der Waals surface area contributed by atoms with Gasteiger partial charge in [0.25, 0.3) is 10.0 Å². The molecule has 0 aliphatic carbocycles. The van der Waals surface area contributed by atoms with E-state index in [-0.39, 0.29) is 26.2 Å². The van der Waals surface area contributed by atoms with Gasteiger partial charge in [0.2, 0.25) is 0 Å². The largest absolute Gasteiger partial charge is 0.495 e. The molecule has 10 heteroatoms. The van der Waals surface area contributed by atoms with E-state index in [0.717, 1.165) is 11.3 Å². The molecule has 1 aromatic heterocycles. The Morgan fingerprint density at radius 3 is 2.30 bits per heavy atom. The van der Waals surface area contributed by atoms with E-state index in [1.165, 1.54) is 33.5 Å². The molecule has 1 heterocycles. The van der Waals surface area contributed by atoms with E-state index in [9.17, 15) is 13.2 Å². The standard InChI is InChI=1S/C20H18ClNO6S2/c1-26-16-10-17(27-2)15(9-14(16)21)22-30(24,25)19-13(12-7-5-4-6-8-12)11-29-18(19)20(23)28-3/h4-11,22H,1-3H3. The topological polar surface area (TPSA) is 90.9 Å². The number of nitrogens with one attached hydrogen (secondary N) is 1. The molecule has 0 bridgehead atoms. The highest BCUT2D eigenvalue weighted by atomic mass is 35.5. The lowest BCUT2D eigenvalue weighted by molar-refractivity contribution is 0.0602. The van der Waals surface area contributed by atoms with E-state index in [1.807, 2.05) is 6.07 Å². The van der Waals surface area contributed by atoms with Gasteiger partial charge in [0.05, 0.1) is 32.0 Å². The van der Waals surface area contributed by atoms with Gasteiger partial charge in [-0.2, -0.15) is 0 Å². The molecular weight excluding hydrogens is 450 g/mol. The van der Waals surface area contributed by atoms with Crippen LogP contribution in [0.1, 0.15) is 9.67 Å². The molecule has 0 radical (unpaired) electrons. The number of methoxy groups -OCH3 is 3. The summed E-state index contributed by atoms with van der Waals surface area (Å²) in [5, 5.41) is 1.80. The SMILES string of the molecule is COC(=O)c1scc(-c2ccccc2)c1S(=O)(=O)Nc1cc(Cl)c(OC)cc1OC. The Kier molecular flexibility index (Phi) is 6.55. The zero-order chi connectivity index (χ0) is 21.9. The number of ether oxygens (including phenoxy) is 3. The molecule has 7 nitrogen and oxygen atoms in total. The minimum atomic E-state index is -4.22. The van der Waals surface area contributed by atoms with Crippen LogP contribution >= 0.6 is 22.9 Å². The summed E-state index contributed by atoms with van der Waals surface area (Å²) in [6.07, 6.45) is 0. The highest BCUT2D eigenvalue weighted by molar-refractivity contribution is 7.93. The minimum absolute atomic E-state index is 0.0394. The molecule has 3 rings (SSSR count). The van der Waals surface area contributed by atoms with E-state index in [4.69, 9.17) is 25.8 Å². The van der Waals surface area contributed by atoms with Crippen molar-refractivity contribution in [1.29, 1.82) is 0 Å². The molecule has 2 aromatic carbocycles. The number of hydrogen-bond donors (Lipinski definition) is 1. The first kappa shape index (κ1) is 21.9. The van der Waals surface area contributed by atoms with Crippen LogP contribution in [0.25, 0.3) is 11.1 Å². The fourth-order valence-electron chi connectivity index (χ4n) is 2.80. The number of hydrogen-bond acceptors (Lipinski definition) is 7. The molecule has 158 valence electrons. The smallest absolute Gasteiger partial charge is 0.349 e. The van der Waals surface area contributed by atoms with Gasteiger partial charge >= 0.3 is 5.97 Å². The Labute approximate surface area is 183 Å². The predicted molar refractivity (Wildman–Crippen MR) is 116 cm³/mol. The van der Waals surface area contributed by atoms with Crippen LogP contribution in [0.4, 0.5) is 5.69 Å². The second kappa shape index (κ2) is 8.95. The molecule has 0 aliphatic heterocycles. The van der Waals surface area contributed by atoms with Gasteiger partial charge in [0, 0.05) is 17.0 Å². The summed E-state index contributed by atoms with van der Waals surface area (Å²) in [7, 11) is -0.204. The van der Waals surface area contributed by atoms with Crippen molar-refractivity contribution in [1.82, 2.24) is 0 Å². The summed E-state index contributed by atoms with van der Waals surface area (Å²) in [5.41, 5.74) is 1.13. The Morgan fingerprint density at radius 2 is 1.70 bits per heavy atom. The molecule has 3 aromatic rings. The number of esters is 1. The van der Waals surface area contributed by atoms with Gasteiger partial charge in [-0.3, -0.25) is 4.72 Å². The van der Waals surface area contributed by atoms with Crippen molar-refractivity contribution in [3.63, 3.8) is 0 Å². The summed E-state index contributed by atoms with van der Waals surface area (Å²) in [4.78, 5) is 12.1. The lowest BCUT2D eigenvalue weighted by atomic mass is 10.1. The van der Waals surface area contributed by atoms with Gasteiger partial charge < -0.3 is 14.2 Å².